The van der Waals surface area contributed by atoms with Gasteiger partial charge in [0.25, 0.3) is 0 Å². The number of halogens is 3. The second-order valence-corrected chi connectivity index (χ2v) is 3.87. The lowest BCUT2D eigenvalue weighted by atomic mass is 10.2. The van der Waals surface area contributed by atoms with Crippen LogP contribution in [0.15, 0.2) is 0 Å². The smallest absolute Gasteiger partial charge is 0.346 e. The molecular weight excluding hydrogens is 239 g/mol. The van der Waals surface area contributed by atoms with Gasteiger partial charge in [-0.1, -0.05) is 0 Å². The van der Waals surface area contributed by atoms with Crippen LogP contribution in [0.25, 0.3) is 0 Å². The minimum Gasteiger partial charge on any atom is -0.346 e. The fourth-order valence-corrected chi connectivity index (χ4v) is 1.49. The van der Waals surface area contributed by atoms with Gasteiger partial charge in [-0.25, -0.2) is 0 Å². The van der Waals surface area contributed by atoms with Crippen molar-refractivity contribution in [3.05, 3.63) is 0 Å². The number of carbonyl (C=O) groups excluding carboxylic acids is 2. The second-order valence-electron chi connectivity index (χ2n) is 3.87. The first-order valence-corrected chi connectivity index (χ1v) is 5.11. The van der Waals surface area contributed by atoms with Crippen LogP contribution in [-0.2, 0) is 9.59 Å². The van der Waals surface area contributed by atoms with Gasteiger partial charge in [0.2, 0.25) is 11.8 Å². The van der Waals surface area contributed by atoms with E-state index in [1.807, 2.05) is 0 Å². The van der Waals surface area contributed by atoms with Crippen molar-refractivity contribution in [3.8, 4) is 0 Å². The molecule has 1 rings (SSSR count). The largest absolute Gasteiger partial charge is 0.405 e. The molecule has 1 saturated heterocycles. The summed E-state index contributed by atoms with van der Waals surface area (Å²) in [4.78, 5) is 23.9. The summed E-state index contributed by atoms with van der Waals surface area (Å²) in [5, 5.41) is 4.35. The fraction of sp³-hybridized carbons (Fsp3) is 0.778. The van der Waals surface area contributed by atoms with Gasteiger partial charge in [-0.2, -0.15) is 13.2 Å². The van der Waals surface area contributed by atoms with Gasteiger partial charge in [-0.3, -0.25) is 14.9 Å². The molecule has 1 aliphatic rings. The first-order valence-electron chi connectivity index (χ1n) is 5.11. The standard InChI is InChI=1S/C9H14F3N3O2/c1-15-3-2-6(8(15)17)13-4-7(16)14-5-9(10,11)12/h6,13H,2-5H2,1H3,(H,14,16). The van der Waals surface area contributed by atoms with Gasteiger partial charge < -0.3 is 10.2 Å². The molecule has 98 valence electrons. The van der Waals surface area contributed by atoms with Crippen LogP contribution in [0, 0.1) is 0 Å². The van der Waals surface area contributed by atoms with E-state index < -0.39 is 24.7 Å². The summed E-state index contributed by atoms with van der Waals surface area (Å²) in [5.74, 6) is -0.918. The van der Waals surface area contributed by atoms with E-state index in [2.05, 4.69) is 5.32 Å². The van der Waals surface area contributed by atoms with Crippen molar-refractivity contribution in [2.24, 2.45) is 0 Å². The molecule has 2 N–H and O–H groups in total. The first-order chi connectivity index (χ1) is 7.79. The Morgan fingerprint density at radius 2 is 2.18 bits per heavy atom. The third-order valence-corrected chi connectivity index (χ3v) is 2.42. The maximum Gasteiger partial charge on any atom is 0.405 e. The third kappa shape index (κ3) is 4.59. The van der Waals surface area contributed by atoms with E-state index in [1.54, 1.807) is 12.4 Å². The summed E-state index contributed by atoms with van der Waals surface area (Å²) in [6.45, 7) is -1.06. The van der Waals surface area contributed by atoms with Crippen molar-refractivity contribution in [3.63, 3.8) is 0 Å². The molecule has 2 amide bonds. The molecule has 0 bridgehead atoms. The first kappa shape index (κ1) is 13.8. The van der Waals surface area contributed by atoms with Crippen LogP contribution in [0.4, 0.5) is 13.2 Å². The minimum absolute atomic E-state index is 0.145. The Bertz CT molecular complexity index is 306. The van der Waals surface area contributed by atoms with Crippen molar-refractivity contribution < 1.29 is 22.8 Å². The monoisotopic (exact) mass is 253 g/mol. The lowest BCUT2D eigenvalue weighted by Crippen LogP contribution is -2.44. The van der Waals surface area contributed by atoms with Gasteiger partial charge >= 0.3 is 6.18 Å². The van der Waals surface area contributed by atoms with E-state index in [4.69, 9.17) is 0 Å². The molecule has 1 fully saturated rings. The van der Waals surface area contributed by atoms with Crippen molar-refractivity contribution in [2.75, 3.05) is 26.7 Å². The summed E-state index contributed by atoms with van der Waals surface area (Å²) >= 11 is 0. The zero-order chi connectivity index (χ0) is 13.1. The van der Waals surface area contributed by atoms with Crippen LogP contribution in [0.3, 0.4) is 0 Å². The van der Waals surface area contributed by atoms with Crippen LogP contribution in [0.2, 0.25) is 0 Å². The van der Waals surface area contributed by atoms with Gasteiger partial charge in [0, 0.05) is 13.6 Å². The van der Waals surface area contributed by atoms with E-state index in [1.165, 1.54) is 4.90 Å². The Labute approximate surface area is 96.3 Å². The Kier molecular flexibility index (Phi) is 4.33. The topological polar surface area (TPSA) is 61.4 Å². The number of hydrogen-bond donors (Lipinski definition) is 2. The number of likely N-dealkylation sites (N-methyl/N-ethyl adjacent to an activating group) is 1. The van der Waals surface area contributed by atoms with Gasteiger partial charge in [0.1, 0.15) is 6.54 Å². The molecule has 0 radical (unpaired) electrons. The lowest BCUT2D eigenvalue weighted by molar-refractivity contribution is -0.138. The van der Waals surface area contributed by atoms with Crippen LogP contribution in [0.1, 0.15) is 6.42 Å². The fourth-order valence-electron chi connectivity index (χ4n) is 1.49. The zero-order valence-electron chi connectivity index (χ0n) is 9.30. The van der Waals surface area contributed by atoms with Crippen molar-refractivity contribution in [1.29, 1.82) is 0 Å². The number of amides is 2. The highest BCUT2D eigenvalue weighted by molar-refractivity contribution is 5.85. The number of nitrogens with zero attached hydrogens (tertiary/aromatic N) is 1. The van der Waals surface area contributed by atoms with Crippen LogP contribution < -0.4 is 10.6 Å². The number of hydrogen-bond acceptors (Lipinski definition) is 3. The van der Waals surface area contributed by atoms with Gasteiger partial charge in [-0.15, -0.1) is 0 Å². The Morgan fingerprint density at radius 1 is 1.53 bits per heavy atom. The molecule has 0 saturated carbocycles. The number of carbonyl (C=O) groups is 2. The molecule has 0 aromatic rings. The summed E-state index contributed by atoms with van der Waals surface area (Å²) in [6.07, 6.45) is -3.86. The third-order valence-electron chi connectivity index (χ3n) is 2.42. The van der Waals surface area contributed by atoms with E-state index in [-0.39, 0.29) is 12.5 Å². The molecule has 8 heteroatoms. The Balaban J connectivity index is 2.23. The molecule has 0 aliphatic carbocycles. The highest BCUT2D eigenvalue weighted by Crippen LogP contribution is 2.12. The molecule has 0 aromatic heterocycles. The maximum atomic E-state index is 11.8. The average molecular weight is 253 g/mol. The highest BCUT2D eigenvalue weighted by Gasteiger charge is 2.30. The molecule has 0 spiro atoms. The normalized spacial score (nSPS) is 20.8. The van der Waals surface area contributed by atoms with Crippen molar-refractivity contribution in [2.45, 2.75) is 18.6 Å². The van der Waals surface area contributed by atoms with Gasteiger partial charge in [0.05, 0.1) is 12.6 Å². The SMILES string of the molecule is CN1CCC(NCC(=O)NCC(F)(F)F)C1=O. The number of likely N-dealkylation sites (tertiary alicyclic amines) is 1. The molecule has 5 nitrogen and oxygen atoms in total. The number of rotatable bonds is 4. The average Bonchev–Trinajstić information content (AvgIpc) is 2.53. The van der Waals surface area contributed by atoms with Crippen LogP contribution in [-0.4, -0.2) is 55.6 Å². The number of alkyl halides is 3. The predicted molar refractivity (Wildman–Crippen MR) is 53.1 cm³/mol. The molecule has 0 aromatic carbocycles. The van der Waals surface area contributed by atoms with Crippen LogP contribution >= 0.6 is 0 Å². The van der Waals surface area contributed by atoms with Crippen molar-refractivity contribution >= 4 is 11.8 Å². The molecule has 17 heavy (non-hydrogen) atoms. The lowest BCUT2D eigenvalue weighted by Gasteiger charge is -2.12. The van der Waals surface area contributed by atoms with E-state index in [0.717, 1.165) is 0 Å². The molecule has 1 aliphatic heterocycles. The summed E-state index contributed by atoms with van der Waals surface area (Å²) in [7, 11) is 1.63. The van der Waals surface area contributed by atoms with Crippen LogP contribution in [0.5, 0.6) is 0 Å². The summed E-state index contributed by atoms with van der Waals surface area (Å²) in [6, 6.07) is -0.475. The Morgan fingerprint density at radius 3 is 2.65 bits per heavy atom. The second kappa shape index (κ2) is 5.35. The maximum absolute atomic E-state index is 11.8. The van der Waals surface area contributed by atoms with Gasteiger partial charge in [-0.05, 0) is 6.42 Å². The molecule has 1 atom stereocenters. The van der Waals surface area contributed by atoms with E-state index in [9.17, 15) is 22.8 Å². The van der Waals surface area contributed by atoms with Gasteiger partial charge in [0.15, 0.2) is 0 Å². The molecule has 1 heterocycles. The number of nitrogens with one attached hydrogen (secondary N) is 2. The molecule has 1 unspecified atom stereocenters. The quantitative estimate of drug-likeness (QED) is 0.709. The minimum atomic E-state index is -4.42. The predicted octanol–water partition coefficient (Wildman–Crippen LogP) is -0.515. The van der Waals surface area contributed by atoms with Crippen molar-refractivity contribution in [1.82, 2.24) is 15.5 Å². The Hall–Kier alpha value is -1.31. The molecular formula is C9H14F3N3O2. The van der Waals surface area contributed by atoms with E-state index in [0.29, 0.717) is 13.0 Å². The summed E-state index contributed by atoms with van der Waals surface area (Å²) < 4.78 is 35.3. The zero-order valence-corrected chi connectivity index (χ0v) is 9.30. The summed E-state index contributed by atoms with van der Waals surface area (Å²) in [5.41, 5.74) is 0. The van der Waals surface area contributed by atoms with E-state index >= 15 is 0 Å². The highest BCUT2D eigenvalue weighted by atomic mass is 19.4.